The van der Waals surface area contributed by atoms with Crippen molar-refractivity contribution in [3.05, 3.63) is 97.2 Å². The van der Waals surface area contributed by atoms with E-state index in [1.165, 1.54) is 51.4 Å². The van der Waals surface area contributed by atoms with Crippen molar-refractivity contribution in [1.82, 2.24) is 5.32 Å². The highest BCUT2D eigenvalue weighted by molar-refractivity contribution is 5.77. The Kier molecular flexibility index (Phi) is 43.4. The molecule has 3 atom stereocenters. The number of allylic oxidation sites excluding steroid dienone is 16. The summed E-state index contributed by atoms with van der Waals surface area (Å²) in [6, 6.07) is -0.720. The number of carbonyl (C=O) groups is 2. The quantitative estimate of drug-likeness (QED) is 0.0247. The third kappa shape index (κ3) is 41.3. The molecule has 0 rings (SSSR count). The number of unbranched alkanes of at least 4 members (excludes halogenated alkanes) is 18. The van der Waals surface area contributed by atoms with E-state index in [-0.39, 0.29) is 24.9 Å². The summed E-state index contributed by atoms with van der Waals surface area (Å²) in [5.74, 6) is -0.549. The second-order valence-corrected chi connectivity index (χ2v) is 15.9. The van der Waals surface area contributed by atoms with Gasteiger partial charge in [0.15, 0.2) is 0 Å². The number of carbonyl (C=O) groups excluding carboxylic acids is 2. The fourth-order valence-corrected chi connectivity index (χ4v) is 6.73. The Morgan fingerprint density at radius 3 is 1.58 bits per heavy atom. The molecule has 3 unspecified atom stereocenters. The first-order valence-corrected chi connectivity index (χ1v) is 24.0. The van der Waals surface area contributed by atoms with Gasteiger partial charge in [-0.3, -0.25) is 9.59 Å². The normalized spacial score (nSPS) is 14.2. The first-order chi connectivity index (χ1) is 29.0. The number of esters is 1. The van der Waals surface area contributed by atoms with Crippen molar-refractivity contribution < 1.29 is 24.5 Å². The zero-order chi connectivity index (χ0) is 43.1. The van der Waals surface area contributed by atoms with Crippen LogP contribution in [-0.4, -0.2) is 46.9 Å². The predicted octanol–water partition coefficient (Wildman–Crippen LogP) is 14.2. The van der Waals surface area contributed by atoms with Gasteiger partial charge in [-0.15, -0.1) is 0 Å². The van der Waals surface area contributed by atoms with Gasteiger partial charge < -0.3 is 20.3 Å². The number of nitrogens with one attached hydrogen (secondary N) is 1. The largest absolute Gasteiger partial charge is 0.462 e. The van der Waals surface area contributed by atoms with Crippen molar-refractivity contribution in [2.24, 2.45) is 0 Å². The summed E-state index contributed by atoms with van der Waals surface area (Å²) in [6.45, 7) is 6.19. The van der Waals surface area contributed by atoms with E-state index >= 15 is 0 Å². The molecule has 1 amide bonds. The summed E-state index contributed by atoms with van der Waals surface area (Å²) >= 11 is 0. The van der Waals surface area contributed by atoms with Crippen LogP contribution in [0.15, 0.2) is 97.2 Å². The van der Waals surface area contributed by atoms with E-state index in [0.717, 1.165) is 103 Å². The van der Waals surface area contributed by atoms with E-state index in [0.29, 0.717) is 19.3 Å². The lowest BCUT2D eigenvalue weighted by atomic mass is 10.0. The van der Waals surface area contributed by atoms with Crippen LogP contribution in [0.1, 0.15) is 201 Å². The minimum Gasteiger partial charge on any atom is -0.462 e. The monoisotopic (exact) mass is 820 g/mol. The molecule has 0 fully saturated rings. The maximum Gasteiger partial charge on any atom is 0.306 e. The molecule has 0 aliphatic carbocycles. The lowest BCUT2D eigenvalue weighted by Crippen LogP contribution is -2.46. The van der Waals surface area contributed by atoms with Crippen molar-refractivity contribution in [3.63, 3.8) is 0 Å². The van der Waals surface area contributed by atoms with Crippen molar-refractivity contribution in [1.29, 1.82) is 0 Å². The highest BCUT2D eigenvalue weighted by atomic mass is 16.5. The van der Waals surface area contributed by atoms with E-state index in [4.69, 9.17) is 4.74 Å². The molecule has 0 aromatic rings. The fourth-order valence-electron chi connectivity index (χ4n) is 6.73. The third-order valence-electron chi connectivity index (χ3n) is 10.3. The molecular formula is C53H89NO5. The number of aliphatic hydroxyl groups excluding tert-OH is 2. The van der Waals surface area contributed by atoms with Gasteiger partial charge in [-0.2, -0.15) is 0 Å². The molecule has 6 nitrogen and oxygen atoms in total. The van der Waals surface area contributed by atoms with Crippen LogP contribution < -0.4 is 5.32 Å². The van der Waals surface area contributed by atoms with Gasteiger partial charge in [0.2, 0.25) is 5.91 Å². The number of hydrogen-bond acceptors (Lipinski definition) is 5. The van der Waals surface area contributed by atoms with Crippen LogP contribution in [0.3, 0.4) is 0 Å². The molecule has 6 heteroatoms. The summed E-state index contributed by atoms with van der Waals surface area (Å²) in [5, 5.41) is 23.7. The topological polar surface area (TPSA) is 95.9 Å². The van der Waals surface area contributed by atoms with E-state index in [9.17, 15) is 19.8 Å². The zero-order valence-corrected chi connectivity index (χ0v) is 38.1. The third-order valence-corrected chi connectivity index (χ3v) is 10.3. The van der Waals surface area contributed by atoms with Crippen LogP contribution in [0.4, 0.5) is 0 Å². The number of ether oxygens (including phenoxy) is 1. The molecule has 336 valence electrons. The van der Waals surface area contributed by atoms with Crippen LogP contribution in [-0.2, 0) is 14.3 Å². The van der Waals surface area contributed by atoms with Crippen LogP contribution in [0.2, 0.25) is 0 Å². The molecule has 0 aromatic heterocycles. The average molecular weight is 820 g/mol. The Bertz CT molecular complexity index is 1190. The van der Waals surface area contributed by atoms with Crippen molar-refractivity contribution in [3.8, 4) is 0 Å². The summed E-state index contributed by atoms with van der Waals surface area (Å²) < 4.78 is 5.89. The number of rotatable bonds is 41. The van der Waals surface area contributed by atoms with E-state index in [2.05, 4.69) is 68.6 Å². The van der Waals surface area contributed by atoms with Gasteiger partial charge in [0.1, 0.15) is 6.10 Å². The molecule has 0 spiro atoms. The van der Waals surface area contributed by atoms with E-state index < -0.39 is 18.2 Å². The molecule has 3 N–H and O–H groups in total. The van der Waals surface area contributed by atoms with Gasteiger partial charge in [0, 0.05) is 6.42 Å². The highest BCUT2D eigenvalue weighted by Gasteiger charge is 2.24. The Hall–Kier alpha value is -3.22. The second kappa shape index (κ2) is 45.9. The summed E-state index contributed by atoms with van der Waals surface area (Å²) in [5.41, 5.74) is 0. The van der Waals surface area contributed by atoms with Gasteiger partial charge in [-0.05, 0) is 70.6 Å². The van der Waals surface area contributed by atoms with Crippen LogP contribution >= 0.6 is 0 Å². The second-order valence-electron chi connectivity index (χ2n) is 15.9. The number of hydrogen-bond donors (Lipinski definition) is 3. The summed E-state index contributed by atoms with van der Waals surface area (Å²) in [4.78, 5) is 26.1. The maximum atomic E-state index is 13.2. The fraction of sp³-hybridized carbons (Fsp3) is 0.660. The molecule has 59 heavy (non-hydrogen) atoms. The van der Waals surface area contributed by atoms with E-state index in [1.807, 2.05) is 54.7 Å². The standard InChI is InChI=1S/C53H89NO5/c1-4-7-10-13-16-19-22-24-25-26-27-28-31-34-37-40-43-46-53(58)59-49(44-41-38-35-32-30-23-20-17-14-11-8-5-2)47-52(57)54-50(48-55)51(56)45-42-39-36-33-29-21-18-15-12-9-6-3/h7-8,10-11,13,16-17,19-20,22,24-28,31,49-51,55-56H,4-6,9,12,14-15,18,21,23,29-30,32-48H2,1-3H3,(H,54,57)/b10-7-,11-8+,16-13+,20-17+,22-19+,25-24-,27-26+,31-28+. The Morgan fingerprint density at radius 1 is 0.525 bits per heavy atom. The minimum atomic E-state index is -0.804. The Labute approximate surface area is 363 Å². The molecule has 0 saturated carbocycles. The molecule has 0 saturated heterocycles. The van der Waals surface area contributed by atoms with Crippen molar-refractivity contribution >= 4 is 11.9 Å². The molecule has 0 bridgehead atoms. The summed E-state index contributed by atoms with van der Waals surface area (Å²) in [6.07, 6.45) is 60.3. The smallest absolute Gasteiger partial charge is 0.306 e. The number of aliphatic hydroxyl groups is 2. The minimum absolute atomic E-state index is 0.0438. The lowest BCUT2D eigenvalue weighted by Gasteiger charge is -2.24. The van der Waals surface area contributed by atoms with Crippen LogP contribution in [0.25, 0.3) is 0 Å². The first-order valence-electron chi connectivity index (χ1n) is 24.0. The van der Waals surface area contributed by atoms with Gasteiger partial charge in [-0.1, -0.05) is 214 Å². The Balaban J connectivity index is 4.71. The highest BCUT2D eigenvalue weighted by Crippen LogP contribution is 2.17. The average Bonchev–Trinajstić information content (AvgIpc) is 3.23. The molecule has 0 heterocycles. The van der Waals surface area contributed by atoms with Gasteiger partial charge in [-0.25, -0.2) is 0 Å². The molecule has 0 radical (unpaired) electrons. The number of amides is 1. The molecule has 0 aliphatic heterocycles. The lowest BCUT2D eigenvalue weighted by molar-refractivity contribution is -0.151. The Morgan fingerprint density at radius 2 is 1.00 bits per heavy atom. The molecule has 0 aromatic carbocycles. The van der Waals surface area contributed by atoms with Gasteiger partial charge in [0.25, 0.3) is 0 Å². The first kappa shape index (κ1) is 55.8. The predicted molar refractivity (Wildman–Crippen MR) is 254 cm³/mol. The SMILES string of the molecule is CC\C=C/C=C/C=C/C=C\C=C\C=C\CCCCCC(=O)OC(CCCCCCC/C=C/C/C=C/CC)CC(=O)NC(CO)C(O)CCCCCCCCCCCCC. The zero-order valence-electron chi connectivity index (χ0n) is 38.1. The molecular weight excluding hydrogens is 731 g/mol. The molecule has 0 aliphatic rings. The van der Waals surface area contributed by atoms with Crippen molar-refractivity contribution in [2.75, 3.05) is 6.61 Å². The van der Waals surface area contributed by atoms with Gasteiger partial charge >= 0.3 is 5.97 Å². The van der Waals surface area contributed by atoms with Crippen LogP contribution in [0.5, 0.6) is 0 Å². The van der Waals surface area contributed by atoms with Crippen LogP contribution in [0, 0.1) is 0 Å². The summed E-state index contributed by atoms with van der Waals surface area (Å²) in [7, 11) is 0. The van der Waals surface area contributed by atoms with E-state index in [1.54, 1.807) is 0 Å². The van der Waals surface area contributed by atoms with Crippen molar-refractivity contribution in [2.45, 2.75) is 219 Å². The van der Waals surface area contributed by atoms with Gasteiger partial charge in [0.05, 0.1) is 25.2 Å². The maximum absolute atomic E-state index is 13.2.